The Bertz CT molecular complexity index is 267. The van der Waals surface area contributed by atoms with E-state index in [1.807, 2.05) is 0 Å². The fourth-order valence-electron chi connectivity index (χ4n) is 0.913. The summed E-state index contributed by atoms with van der Waals surface area (Å²) in [4.78, 5) is 38.0. The van der Waals surface area contributed by atoms with Gasteiger partial charge in [0.2, 0.25) is 0 Å². The van der Waals surface area contributed by atoms with Gasteiger partial charge in [0.05, 0.1) is 0 Å². The summed E-state index contributed by atoms with van der Waals surface area (Å²) in [6.07, 6.45) is -1.24. The van der Waals surface area contributed by atoms with Crippen LogP contribution in [0.5, 0.6) is 0 Å². The molecule has 16 heavy (non-hydrogen) atoms. The average molecular weight is 238 g/mol. The molecule has 0 heterocycles. The van der Waals surface area contributed by atoms with Crippen LogP contribution in [0.4, 0.5) is 0 Å². The van der Waals surface area contributed by atoms with E-state index in [2.05, 4.69) is 9.68 Å². The summed E-state index contributed by atoms with van der Waals surface area (Å²) < 4.78 is 0. The van der Waals surface area contributed by atoms with E-state index in [-0.39, 0.29) is 19.3 Å². The van der Waals surface area contributed by atoms with Gasteiger partial charge >= 0.3 is 5.97 Å². The first-order valence-electron chi connectivity index (χ1n) is 4.22. The lowest BCUT2D eigenvalue weighted by molar-refractivity contribution is -0.790. The summed E-state index contributed by atoms with van der Waals surface area (Å²) >= 11 is 0. The van der Waals surface area contributed by atoms with Crippen LogP contribution in [-0.2, 0) is 14.5 Å². The Balaban J connectivity index is 3.94. The highest BCUT2D eigenvalue weighted by molar-refractivity contribution is 5.66. The van der Waals surface area contributed by atoms with Gasteiger partial charge in [-0.1, -0.05) is 0 Å². The lowest BCUT2D eigenvalue weighted by atomic mass is 10.1. The van der Waals surface area contributed by atoms with Crippen molar-refractivity contribution >= 4 is 5.97 Å². The van der Waals surface area contributed by atoms with E-state index in [1.54, 1.807) is 0 Å². The molecule has 0 radical (unpaired) electrons. The molecule has 0 amide bonds. The molecule has 10 nitrogen and oxygen atoms in total. The molecule has 0 saturated carbocycles. The maximum Gasteiger partial charge on any atom is 0.303 e. The van der Waals surface area contributed by atoms with E-state index >= 15 is 0 Å². The second-order valence-corrected chi connectivity index (χ2v) is 2.76. The third-order valence-electron chi connectivity index (χ3n) is 1.52. The molecular weight excluding hydrogens is 228 g/mol. The maximum atomic E-state index is 10.2. The van der Waals surface area contributed by atoms with Gasteiger partial charge in [-0.3, -0.25) is 4.79 Å². The number of nitrogens with zero attached hydrogens (tertiary/aromatic N) is 2. The lowest BCUT2D eigenvalue weighted by Gasteiger charge is -2.12. The van der Waals surface area contributed by atoms with E-state index < -0.39 is 28.9 Å². The van der Waals surface area contributed by atoms with Gasteiger partial charge in [-0.25, -0.2) is 0 Å². The molecule has 0 aromatic carbocycles. The Morgan fingerprint density at radius 3 is 2.38 bits per heavy atom. The van der Waals surface area contributed by atoms with Crippen LogP contribution < -0.4 is 0 Å². The molecule has 10 heteroatoms. The summed E-state index contributed by atoms with van der Waals surface area (Å²) in [5.74, 6) is -1.06. The summed E-state index contributed by atoms with van der Waals surface area (Å²) in [6, 6.07) is 0. The first-order valence-corrected chi connectivity index (χ1v) is 4.22. The Kier molecular flexibility index (Phi) is 6.24. The number of carboxylic acids is 1. The lowest BCUT2D eigenvalue weighted by Crippen LogP contribution is -2.24. The minimum absolute atomic E-state index is 0.0128. The molecule has 0 bridgehead atoms. The summed E-state index contributed by atoms with van der Waals surface area (Å²) in [5, 5.41) is 25.9. The van der Waals surface area contributed by atoms with Crippen LogP contribution in [-0.4, -0.2) is 34.0 Å². The van der Waals surface area contributed by atoms with Crippen molar-refractivity contribution in [1.29, 1.82) is 0 Å². The Hall–Kier alpha value is -2.13. The molecule has 92 valence electrons. The quantitative estimate of drug-likeness (QED) is 0.437. The monoisotopic (exact) mass is 238 g/mol. The number of carboxylic acid groups (broad SMARTS) is 1. The number of rotatable bonds is 9. The van der Waals surface area contributed by atoms with Crippen LogP contribution in [0, 0.1) is 20.2 Å². The highest BCUT2D eigenvalue weighted by Gasteiger charge is 2.15. The normalized spacial score (nSPS) is 11.5. The molecule has 1 atom stereocenters. The number of aliphatic carboxylic acids is 1. The molecule has 1 unspecified atom stereocenters. The Morgan fingerprint density at radius 2 is 1.94 bits per heavy atom. The van der Waals surface area contributed by atoms with E-state index in [9.17, 15) is 25.0 Å². The zero-order valence-corrected chi connectivity index (χ0v) is 8.11. The average Bonchev–Trinajstić information content (AvgIpc) is 2.12. The van der Waals surface area contributed by atoms with Crippen LogP contribution in [0.2, 0.25) is 0 Å². The van der Waals surface area contributed by atoms with Gasteiger partial charge in [0.1, 0.15) is 12.7 Å². The molecule has 0 aliphatic carbocycles. The van der Waals surface area contributed by atoms with Crippen molar-refractivity contribution in [1.82, 2.24) is 0 Å². The predicted octanol–water partition coefficient (Wildman–Crippen LogP) is 0.0265. The second-order valence-electron chi connectivity index (χ2n) is 2.76. The van der Waals surface area contributed by atoms with Crippen LogP contribution in [0.15, 0.2) is 0 Å². The molecule has 0 spiro atoms. The molecule has 0 saturated heterocycles. The highest BCUT2D eigenvalue weighted by Crippen LogP contribution is 2.06. The molecular formula is C6H10N2O8. The van der Waals surface area contributed by atoms with Gasteiger partial charge < -0.3 is 14.8 Å². The minimum atomic E-state index is -1.14. The van der Waals surface area contributed by atoms with Gasteiger partial charge in [0.15, 0.2) is 0 Å². The largest absolute Gasteiger partial charge is 0.481 e. The molecule has 0 aromatic heterocycles. The second kappa shape index (κ2) is 7.20. The van der Waals surface area contributed by atoms with E-state index in [4.69, 9.17) is 5.11 Å². The summed E-state index contributed by atoms with van der Waals surface area (Å²) in [6.45, 7) is -0.604. The van der Waals surface area contributed by atoms with Crippen molar-refractivity contribution in [2.75, 3.05) is 6.61 Å². The predicted molar refractivity (Wildman–Crippen MR) is 46.3 cm³/mol. The summed E-state index contributed by atoms with van der Waals surface area (Å²) in [7, 11) is 0. The smallest absolute Gasteiger partial charge is 0.303 e. The van der Waals surface area contributed by atoms with Gasteiger partial charge in [-0.15, -0.1) is 20.2 Å². The van der Waals surface area contributed by atoms with Crippen molar-refractivity contribution in [3.05, 3.63) is 20.2 Å². The fraction of sp³-hybridized carbons (Fsp3) is 0.833. The SMILES string of the molecule is O=C(O)CCCC(CO[N+](=O)[O-])O[N+](=O)[O-]. The minimum Gasteiger partial charge on any atom is -0.481 e. The molecule has 0 aliphatic heterocycles. The standard InChI is InChI=1S/C6H10N2O8/c9-6(10)3-1-2-5(16-8(13)14)4-15-7(11)12/h5H,1-4H2,(H,9,10). The topological polar surface area (TPSA) is 142 Å². The zero-order valence-electron chi connectivity index (χ0n) is 8.11. The van der Waals surface area contributed by atoms with E-state index in [1.165, 1.54) is 0 Å². The van der Waals surface area contributed by atoms with Gasteiger partial charge in [0, 0.05) is 6.42 Å². The van der Waals surface area contributed by atoms with Crippen LogP contribution >= 0.6 is 0 Å². The van der Waals surface area contributed by atoms with Crippen LogP contribution in [0.1, 0.15) is 19.3 Å². The number of carbonyl (C=O) groups is 1. The molecule has 0 aromatic rings. The van der Waals surface area contributed by atoms with Crippen molar-refractivity contribution < 1.29 is 29.7 Å². The fourth-order valence-corrected chi connectivity index (χ4v) is 0.913. The first kappa shape index (κ1) is 13.9. The van der Waals surface area contributed by atoms with Crippen LogP contribution in [0.25, 0.3) is 0 Å². The van der Waals surface area contributed by atoms with Crippen molar-refractivity contribution in [2.45, 2.75) is 25.4 Å². The summed E-state index contributed by atoms with van der Waals surface area (Å²) in [5.41, 5.74) is 0. The number of hydrogen-bond donors (Lipinski definition) is 1. The van der Waals surface area contributed by atoms with E-state index in [0.29, 0.717) is 0 Å². The van der Waals surface area contributed by atoms with Crippen molar-refractivity contribution in [3.8, 4) is 0 Å². The zero-order chi connectivity index (χ0) is 12.6. The van der Waals surface area contributed by atoms with E-state index in [0.717, 1.165) is 0 Å². The molecule has 0 fully saturated rings. The maximum absolute atomic E-state index is 10.2. The highest BCUT2D eigenvalue weighted by atomic mass is 17.0. The van der Waals surface area contributed by atoms with Crippen LogP contribution in [0.3, 0.4) is 0 Å². The van der Waals surface area contributed by atoms with Gasteiger partial charge in [-0.2, -0.15) is 0 Å². The Morgan fingerprint density at radius 1 is 1.31 bits per heavy atom. The molecule has 0 aliphatic rings. The van der Waals surface area contributed by atoms with Gasteiger partial charge in [0.25, 0.3) is 10.2 Å². The Labute approximate surface area is 89.0 Å². The van der Waals surface area contributed by atoms with Crippen molar-refractivity contribution in [3.63, 3.8) is 0 Å². The van der Waals surface area contributed by atoms with Gasteiger partial charge in [-0.05, 0) is 12.8 Å². The first-order chi connectivity index (χ1) is 7.41. The number of hydrogen-bond acceptors (Lipinski definition) is 7. The molecule has 0 rings (SSSR count). The third-order valence-corrected chi connectivity index (χ3v) is 1.52. The third kappa shape index (κ3) is 8.47. The molecule has 1 N–H and O–H groups in total. The van der Waals surface area contributed by atoms with Crippen molar-refractivity contribution in [2.24, 2.45) is 0 Å².